The predicted molar refractivity (Wildman–Crippen MR) is 146 cm³/mol. The van der Waals surface area contributed by atoms with E-state index in [0.29, 0.717) is 24.1 Å². The molecule has 4 rings (SSSR count). The van der Waals surface area contributed by atoms with E-state index in [1.807, 2.05) is 0 Å². The van der Waals surface area contributed by atoms with E-state index in [0.717, 1.165) is 11.3 Å². The molecule has 3 N–H and O–H groups in total. The number of amides is 2. The molecule has 1 aliphatic heterocycles. The summed E-state index contributed by atoms with van der Waals surface area (Å²) in [5, 5.41) is 18.2. The number of ether oxygens (including phenoxy) is 1. The number of thiocarbonyl (C=S) groups is 1. The van der Waals surface area contributed by atoms with Crippen molar-refractivity contribution in [3.63, 3.8) is 0 Å². The van der Waals surface area contributed by atoms with Crippen LogP contribution in [0.2, 0.25) is 0 Å². The zero-order valence-electron chi connectivity index (χ0n) is 21.6. The largest absolute Gasteiger partial charge is 0.465 e. The highest BCUT2D eigenvalue weighted by molar-refractivity contribution is 7.80. The lowest BCUT2D eigenvalue weighted by molar-refractivity contribution is -0.384. The van der Waals surface area contributed by atoms with Crippen LogP contribution in [0.25, 0.3) is 0 Å². The van der Waals surface area contributed by atoms with Gasteiger partial charge in [0.2, 0.25) is 5.91 Å². The quantitative estimate of drug-likeness (QED) is 0.158. The van der Waals surface area contributed by atoms with E-state index < -0.39 is 22.8 Å². The number of pyridine rings is 1. The summed E-state index contributed by atoms with van der Waals surface area (Å²) in [5.74, 6) is -1.32. The number of nitrogens with zero attached hydrogens (tertiary/aromatic N) is 5. The molecule has 1 aliphatic rings. The van der Waals surface area contributed by atoms with Gasteiger partial charge >= 0.3 is 5.97 Å². The summed E-state index contributed by atoms with van der Waals surface area (Å²) in [6.45, 7) is 2.56. The van der Waals surface area contributed by atoms with Crippen LogP contribution < -0.4 is 11.1 Å². The van der Waals surface area contributed by atoms with Crippen LogP contribution >= 0.6 is 12.2 Å². The number of aromatic nitrogens is 3. The number of hydrogen-bond acceptors (Lipinski definition) is 9. The number of nitro benzene ring substituents is 1. The first kappa shape index (κ1) is 28.3. The van der Waals surface area contributed by atoms with Gasteiger partial charge in [-0.15, -0.1) is 0 Å². The fourth-order valence-corrected chi connectivity index (χ4v) is 4.42. The lowest BCUT2D eigenvalue weighted by Gasteiger charge is -2.30. The third-order valence-electron chi connectivity index (χ3n) is 6.28. The Labute approximate surface area is 234 Å². The van der Waals surface area contributed by atoms with Crippen LogP contribution in [-0.2, 0) is 40.3 Å². The summed E-state index contributed by atoms with van der Waals surface area (Å²) >= 11 is 4.92. The smallest absolute Gasteiger partial charge is 0.327 e. The number of nitro groups is 1. The maximum atomic E-state index is 13.7. The van der Waals surface area contributed by atoms with Gasteiger partial charge < -0.3 is 20.7 Å². The first-order valence-corrected chi connectivity index (χ1v) is 12.8. The molecule has 0 saturated carbocycles. The molecule has 1 atom stereocenters. The highest BCUT2D eigenvalue weighted by Gasteiger charge is 2.31. The molecule has 0 radical (unpaired) electrons. The normalized spacial score (nSPS) is 13.2. The van der Waals surface area contributed by atoms with Crippen molar-refractivity contribution in [1.82, 2.24) is 25.0 Å². The van der Waals surface area contributed by atoms with Crippen molar-refractivity contribution in [2.45, 2.75) is 38.9 Å². The highest BCUT2D eigenvalue weighted by Crippen LogP contribution is 2.20. The Morgan fingerprint density at radius 2 is 1.98 bits per heavy atom. The summed E-state index contributed by atoms with van der Waals surface area (Å²) < 4.78 is 6.47. The monoisotopic (exact) mass is 565 g/mol. The average molecular weight is 566 g/mol. The van der Waals surface area contributed by atoms with Gasteiger partial charge in [-0.05, 0) is 24.6 Å². The fraction of sp³-hybridized carbons (Fsp3) is 0.308. The van der Waals surface area contributed by atoms with E-state index in [1.165, 1.54) is 29.1 Å². The number of fused-ring (bicyclic) bond motifs is 1. The number of esters is 1. The fourth-order valence-electron chi connectivity index (χ4n) is 4.29. The van der Waals surface area contributed by atoms with Crippen LogP contribution in [0.3, 0.4) is 0 Å². The number of nitrogens with one attached hydrogen (secondary N) is 1. The minimum Gasteiger partial charge on any atom is -0.465 e. The minimum absolute atomic E-state index is 0.0335. The van der Waals surface area contributed by atoms with Gasteiger partial charge in [0.25, 0.3) is 11.6 Å². The van der Waals surface area contributed by atoms with E-state index in [9.17, 15) is 24.5 Å². The maximum absolute atomic E-state index is 13.7. The Balaban J connectivity index is 1.53. The average Bonchev–Trinajstić information content (AvgIpc) is 3.34. The molecule has 1 aromatic carbocycles. The molecular formula is C26H27N7O6S. The zero-order valence-corrected chi connectivity index (χ0v) is 22.4. The Kier molecular flexibility index (Phi) is 8.79. The number of carbonyl (C=O) groups is 3. The summed E-state index contributed by atoms with van der Waals surface area (Å²) in [6.07, 6.45) is 3.66. The van der Waals surface area contributed by atoms with Gasteiger partial charge in [0.05, 0.1) is 17.2 Å². The molecule has 3 aromatic rings. The molecule has 0 spiro atoms. The van der Waals surface area contributed by atoms with Crippen LogP contribution in [0.5, 0.6) is 0 Å². The van der Waals surface area contributed by atoms with Gasteiger partial charge in [0.15, 0.2) is 0 Å². The van der Waals surface area contributed by atoms with Gasteiger partial charge in [-0.1, -0.05) is 24.4 Å². The topological polar surface area (TPSA) is 176 Å². The zero-order chi connectivity index (χ0) is 28.8. The number of rotatable bonds is 10. The second-order valence-electron chi connectivity index (χ2n) is 9.06. The Morgan fingerprint density at radius 1 is 1.23 bits per heavy atom. The third-order valence-corrected chi connectivity index (χ3v) is 6.52. The molecule has 40 heavy (non-hydrogen) atoms. The first-order chi connectivity index (χ1) is 19.1. The lowest BCUT2D eigenvalue weighted by atomic mass is 10.0. The van der Waals surface area contributed by atoms with Crippen molar-refractivity contribution in [1.29, 1.82) is 0 Å². The van der Waals surface area contributed by atoms with Crippen LogP contribution in [0.1, 0.15) is 39.8 Å². The van der Waals surface area contributed by atoms with Crippen LogP contribution in [0.4, 0.5) is 5.69 Å². The second kappa shape index (κ2) is 12.4. The lowest BCUT2D eigenvalue weighted by Crippen LogP contribution is -2.51. The SMILES string of the molecule is CCOC(=O)Cn1cc2c(n1)CCN(C(=O)[C@H](Cc1ccc([N+](=O)[O-])cc1)NC(=O)c1ccc(C(N)=S)cn1)C2. The standard InChI is InChI=1S/C26H27N7O6S/c1-2-39-23(34)15-32-14-18-13-31(10-9-20(18)30-32)26(36)22(11-16-3-6-19(7-4-16)33(37)38)29-25(35)21-8-5-17(12-28-21)24(27)40/h3-8,12,14,22H,2,9-11,13,15H2,1H3,(H2,27,40)(H,29,35)/t22-/m0/s1. The Hall–Kier alpha value is -4.72. The number of benzene rings is 1. The number of nitrogens with two attached hydrogens (primary N) is 1. The van der Waals surface area contributed by atoms with Crippen LogP contribution in [0.15, 0.2) is 48.8 Å². The van der Waals surface area contributed by atoms with Crippen molar-refractivity contribution in [2.24, 2.45) is 5.73 Å². The Bertz CT molecular complexity index is 1440. The minimum atomic E-state index is -0.984. The van der Waals surface area contributed by atoms with Crippen molar-refractivity contribution in [3.05, 3.63) is 87.0 Å². The third kappa shape index (κ3) is 6.83. The van der Waals surface area contributed by atoms with Gasteiger partial charge in [0.1, 0.15) is 23.3 Å². The number of non-ortho nitro benzene ring substituents is 1. The van der Waals surface area contributed by atoms with E-state index in [1.54, 1.807) is 36.2 Å². The van der Waals surface area contributed by atoms with Gasteiger partial charge in [0, 0.05) is 61.6 Å². The molecule has 0 aliphatic carbocycles. The maximum Gasteiger partial charge on any atom is 0.327 e. The van der Waals surface area contributed by atoms with Crippen molar-refractivity contribution in [3.8, 4) is 0 Å². The van der Waals surface area contributed by atoms with Gasteiger partial charge in [-0.2, -0.15) is 5.10 Å². The number of hydrogen-bond donors (Lipinski definition) is 2. The van der Waals surface area contributed by atoms with Gasteiger partial charge in [-0.3, -0.25) is 34.2 Å². The van der Waals surface area contributed by atoms with Crippen LogP contribution in [-0.4, -0.2) is 66.6 Å². The van der Waals surface area contributed by atoms with Crippen LogP contribution in [0, 0.1) is 10.1 Å². The second-order valence-corrected chi connectivity index (χ2v) is 9.50. The van der Waals surface area contributed by atoms with E-state index >= 15 is 0 Å². The molecule has 2 aromatic heterocycles. The predicted octanol–water partition coefficient (Wildman–Crippen LogP) is 1.31. The van der Waals surface area contributed by atoms with E-state index in [4.69, 9.17) is 22.7 Å². The summed E-state index contributed by atoms with van der Waals surface area (Å²) in [5.41, 5.74) is 8.29. The van der Waals surface area contributed by atoms with E-state index in [-0.39, 0.29) is 48.4 Å². The number of carbonyl (C=O) groups excluding carboxylic acids is 3. The summed E-state index contributed by atoms with van der Waals surface area (Å²) in [4.78, 5) is 55.0. The molecule has 2 amide bonds. The molecule has 13 nitrogen and oxygen atoms in total. The Morgan fingerprint density at radius 3 is 2.60 bits per heavy atom. The van der Waals surface area contributed by atoms with Crippen molar-refractivity contribution < 1.29 is 24.0 Å². The molecule has 14 heteroatoms. The van der Waals surface area contributed by atoms with Crippen molar-refractivity contribution in [2.75, 3.05) is 13.2 Å². The highest BCUT2D eigenvalue weighted by atomic mass is 32.1. The molecular weight excluding hydrogens is 538 g/mol. The molecule has 0 fully saturated rings. The summed E-state index contributed by atoms with van der Waals surface area (Å²) in [6, 6.07) is 7.84. The van der Waals surface area contributed by atoms with E-state index in [2.05, 4.69) is 15.4 Å². The van der Waals surface area contributed by atoms with Crippen molar-refractivity contribution >= 4 is 40.7 Å². The first-order valence-electron chi connectivity index (χ1n) is 12.4. The molecule has 0 unspecified atom stereocenters. The molecule has 3 heterocycles. The summed E-state index contributed by atoms with van der Waals surface area (Å²) in [7, 11) is 0. The molecule has 0 bridgehead atoms. The molecule has 0 saturated heterocycles. The van der Waals surface area contributed by atoms with Gasteiger partial charge in [-0.25, -0.2) is 0 Å². The molecule has 208 valence electrons.